The summed E-state index contributed by atoms with van der Waals surface area (Å²) >= 11 is 0. The molecule has 0 saturated heterocycles. The molecule has 0 saturated carbocycles. The first kappa shape index (κ1) is 19.8. The third-order valence-corrected chi connectivity index (χ3v) is 5.16. The molecule has 0 bridgehead atoms. The molecule has 0 aliphatic heterocycles. The van der Waals surface area contributed by atoms with E-state index in [1.807, 2.05) is 60.7 Å². The van der Waals surface area contributed by atoms with Gasteiger partial charge in [0, 0.05) is 11.5 Å². The van der Waals surface area contributed by atoms with Crippen LogP contribution < -0.4 is 9.47 Å². The van der Waals surface area contributed by atoms with E-state index in [1.165, 1.54) is 6.33 Å². The summed E-state index contributed by atoms with van der Waals surface area (Å²) in [6.07, 6.45) is 3.25. The second kappa shape index (κ2) is 9.31. The van der Waals surface area contributed by atoms with E-state index in [0.717, 1.165) is 39.2 Å². The summed E-state index contributed by atoms with van der Waals surface area (Å²) in [7, 11) is 0. The summed E-state index contributed by atoms with van der Waals surface area (Å²) in [5, 5.41) is 5.31. The molecule has 0 aliphatic rings. The highest BCUT2D eigenvalue weighted by Crippen LogP contribution is 2.22. The van der Waals surface area contributed by atoms with Crippen molar-refractivity contribution < 1.29 is 9.47 Å². The van der Waals surface area contributed by atoms with Crippen molar-refractivity contribution in [1.29, 1.82) is 0 Å². The second-order valence-electron chi connectivity index (χ2n) is 7.41. The Kier molecular flexibility index (Phi) is 5.74. The molecule has 2 heterocycles. The van der Waals surface area contributed by atoms with E-state index in [-0.39, 0.29) is 0 Å². The number of aromatic nitrogens is 4. The van der Waals surface area contributed by atoms with Gasteiger partial charge >= 0.3 is 0 Å². The lowest BCUT2D eigenvalue weighted by molar-refractivity contribution is 0.287. The number of fused-ring (bicyclic) bond motifs is 1. The number of benzene rings is 3. The number of para-hydroxylation sites is 1. The number of pyridine rings is 1. The minimum absolute atomic E-state index is 0.398. The van der Waals surface area contributed by atoms with E-state index in [9.17, 15) is 0 Å². The van der Waals surface area contributed by atoms with Crippen molar-refractivity contribution in [2.75, 3.05) is 0 Å². The Morgan fingerprint density at radius 3 is 2.34 bits per heavy atom. The Labute approximate surface area is 186 Å². The normalized spacial score (nSPS) is 10.9. The molecule has 5 rings (SSSR count). The van der Waals surface area contributed by atoms with E-state index in [0.29, 0.717) is 19.8 Å². The smallest absolute Gasteiger partial charge is 0.137 e. The van der Waals surface area contributed by atoms with E-state index < -0.39 is 0 Å². The van der Waals surface area contributed by atoms with Crippen LogP contribution in [0.1, 0.15) is 16.8 Å². The number of ether oxygens (including phenoxy) is 2. The van der Waals surface area contributed by atoms with E-state index in [2.05, 4.69) is 39.3 Å². The monoisotopic (exact) mass is 422 g/mol. The molecule has 6 heteroatoms. The number of hydrogen-bond donors (Lipinski definition) is 0. The molecular weight excluding hydrogens is 400 g/mol. The quantitative estimate of drug-likeness (QED) is 0.351. The highest BCUT2D eigenvalue weighted by Gasteiger charge is 2.06. The molecule has 0 unspecified atom stereocenters. The summed E-state index contributed by atoms with van der Waals surface area (Å²) in [6.45, 7) is 1.51. The molecule has 3 aromatic carbocycles. The third-order valence-electron chi connectivity index (χ3n) is 5.16. The zero-order valence-electron chi connectivity index (χ0n) is 17.5. The van der Waals surface area contributed by atoms with Gasteiger partial charge in [-0.2, -0.15) is 5.10 Å². The minimum atomic E-state index is 0.398. The molecule has 2 aromatic heterocycles. The zero-order valence-corrected chi connectivity index (χ0v) is 17.5. The maximum absolute atomic E-state index is 6.06. The molecule has 158 valence electrons. The molecule has 0 fully saturated rings. The average Bonchev–Trinajstić information content (AvgIpc) is 3.35. The number of nitrogens with zero attached hydrogens (tertiary/aromatic N) is 4. The largest absolute Gasteiger partial charge is 0.489 e. The molecule has 6 nitrogen and oxygen atoms in total. The number of rotatable bonds is 8. The summed E-state index contributed by atoms with van der Waals surface area (Å²) in [6, 6.07) is 28.0. The van der Waals surface area contributed by atoms with Crippen molar-refractivity contribution in [2.45, 2.75) is 19.8 Å². The fraction of sp³-hybridized carbons (Fsp3) is 0.115. The summed E-state index contributed by atoms with van der Waals surface area (Å²) in [4.78, 5) is 8.67. The molecule has 0 atom stereocenters. The van der Waals surface area contributed by atoms with Crippen LogP contribution in [-0.4, -0.2) is 19.7 Å². The van der Waals surface area contributed by atoms with Crippen LogP contribution in [0.4, 0.5) is 0 Å². The Bertz CT molecular complexity index is 1320. The van der Waals surface area contributed by atoms with Gasteiger partial charge in [-0.15, -0.1) is 0 Å². The SMILES string of the molecule is c1cc(OCc2ccc3ccccc3n2)cc(OCc2ccccc2Cn2cncn2)c1. The van der Waals surface area contributed by atoms with Crippen LogP contribution in [0.3, 0.4) is 0 Å². The van der Waals surface area contributed by atoms with Crippen LogP contribution in [0.15, 0.2) is 97.6 Å². The molecule has 0 amide bonds. The van der Waals surface area contributed by atoms with Crippen molar-refractivity contribution in [3.8, 4) is 11.5 Å². The standard InChI is InChI=1S/C26H22N4O2/c1-2-8-22(21(7-1)15-30-19-27-18-28-30)16-31-24-9-5-10-25(14-24)32-17-23-13-12-20-6-3-4-11-26(20)29-23/h1-14,18-19H,15-17H2. The lowest BCUT2D eigenvalue weighted by atomic mass is 10.1. The third kappa shape index (κ3) is 4.75. The highest BCUT2D eigenvalue weighted by atomic mass is 16.5. The van der Waals surface area contributed by atoms with E-state index in [1.54, 1.807) is 11.0 Å². The van der Waals surface area contributed by atoms with Gasteiger partial charge in [-0.3, -0.25) is 0 Å². The van der Waals surface area contributed by atoms with Gasteiger partial charge in [0.05, 0.1) is 17.8 Å². The lowest BCUT2D eigenvalue weighted by Crippen LogP contribution is -2.06. The second-order valence-corrected chi connectivity index (χ2v) is 7.41. The minimum Gasteiger partial charge on any atom is -0.489 e. The van der Waals surface area contributed by atoms with Gasteiger partial charge in [0.1, 0.15) is 37.4 Å². The van der Waals surface area contributed by atoms with Crippen LogP contribution in [0.2, 0.25) is 0 Å². The van der Waals surface area contributed by atoms with Crippen molar-refractivity contribution in [2.24, 2.45) is 0 Å². The van der Waals surface area contributed by atoms with Crippen LogP contribution in [0, 0.1) is 0 Å². The molecular formula is C26H22N4O2. The van der Waals surface area contributed by atoms with Crippen molar-refractivity contribution >= 4 is 10.9 Å². The molecule has 0 spiro atoms. The summed E-state index contributed by atoms with van der Waals surface area (Å²) in [5.74, 6) is 1.50. The fourth-order valence-corrected chi connectivity index (χ4v) is 3.50. The first-order valence-corrected chi connectivity index (χ1v) is 10.4. The Balaban J connectivity index is 1.23. The topological polar surface area (TPSA) is 62.1 Å². The maximum Gasteiger partial charge on any atom is 0.137 e. The van der Waals surface area contributed by atoms with Crippen LogP contribution in [-0.2, 0) is 19.8 Å². The van der Waals surface area contributed by atoms with Crippen molar-refractivity contribution in [3.05, 3.63) is 114 Å². The molecule has 0 N–H and O–H groups in total. The predicted molar refractivity (Wildman–Crippen MR) is 122 cm³/mol. The molecule has 0 aliphatic carbocycles. The van der Waals surface area contributed by atoms with E-state index >= 15 is 0 Å². The van der Waals surface area contributed by atoms with Crippen molar-refractivity contribution in [3.63, 3.8) is 0 Å². The van der Waals surface area contributed by atoms with Gasteiger partial charge in [-0.25, -0.2) is 14.6 Å². The first-order valence-electron chi connectivity index (χ1n) is 10.4. The van der Waals surface area contributed by atoms with Gasteiger partial charge in [-0.1, -0.05) is 54.6 Å². The van der Waals surface area contributed by atoms with Crippen LogP contribution >= 0.6 is 0 Å². The van der Waals surface area contributed by atoms with Gasteiger partial charge in [0.25, 0.3) is 0 Å². The maximum atomic E-state index is 6.06. The Morgan fingerprint density at radius 1 is 0.719 bits per heavy atom. The zero-order chi connectivity index (χ0) is 21.6. The highest BCUT2D eigenvalue weighted by molar-refractivity contribution is 5.78. The predicted octanol–water partition coefficient (Wildman–Crippen LogP) is 5.03. The van der Waals surface area contributed by atoms with Gasteiger partial charge in [0.15, 0.2) is 0 Å². The molecule has 5 aromatic rings. The lowest BCUT2D eigenvalue weighted by Gasteiger charge is -2.12. The number of hydrogen-bond acceptors (Lipinski definition) is 5. The van der Waals surface area contributed by atoms with Crippen molar-refractivity contribution in [1.82, 2.24) is 19.7 Å². The Hall–Kier alpha value is -4.19. The first-order chi connectivity index (χ1) is 15.8. The van der Waals surface area contributed by atoms with E-state index in [4.69, 9.17) is 9.47 Å². The van der Waals surface area contributed by atoms with Crippen LogP contribution in [0.25, 0.3) is 10.9 Å². The average molecular weight is 422 g/mol. The van der Waals surface area contributed by atoms with Gasteiger partial charge in [0.2, 0.25) is 0 Å². The van der Waals surface area contributed by atoms with Gasteiger partial charge in [-0.05, 0) is 35.4 Å². The summed E-state index contributed by atoms with van der Waals surface area (Å²) in [5.41, 5.74) is 4.11. The van der Waals surface area contributed by atoms with Gasteiger partial charge < -0.3 is 9.47 Å². The molecule has 32 heavy (non-hydrogen) atoms. The van der Waals surface area contributed by atoms with Crippen LogP contribution in [0.5, 0.6) is 11.5 Å². The molecule has 0 radical (unpaired) electrons. The summed E-state index contributed by atoms with van der Waals surface area (Å²) < 4.78 is 13.8. The fourth-order valence-electron chi connectivity index (χ4n) is 3.50. The Morgan fingerprint density at radius 2 is 1.50 bits per heavy atom.